The molecular weight excluding hydrogens is 362 g/mol. The Balaban J connectivity index is 2.78. The molecule has 0 aliphatic carbocycles. The molecule has 0 aromatic heterocycles. The van der Waals surface area contributed by atoms with Gasteiger partial charge in [-0.3, -0.25) is 8.37 Å². The predicted octanol–water partition coefficient (Wildman–Crippen LogP) is 0.422. The lowest BCUT2D eigenvalue weighted by atomic mass is 9.98. The van der Waals surface area contributed by atoms with E-state index in [-0.39, 0.29) is 38.1 Å². The summed E-state index contributed by atoms with van der Waals surface area (Å²) < 4.78 is 59.5. The van der Waals surface area contributed by atoms with Crippen molar-refractivity contribution in [1.82, 2.24) is 4.90 Å². The monoisotopic (exact) mass is 387 g/mol. The molecule has 9 nitrogen and oxygen atoms in total. The maximum absolute atomic E-state index is 12.1. The highest BCUT2D eigenvalue weighted by Crippen LogP contribution is 2.26. The van der Waals surface area contributed by atoms with E-state index in [1.807, 2.05) is 0 Å². The number of amides is 1. The molecule has 0 aromatic carbocycles. The molecule has 24 heavy (non-hydrogen) atoms. The van der Waals surface area contributed by atoms with Gasteiger partial charge in [-0.1, -0.05) is 0 Å². The molecule has 1 amide bonds. The molecule has 2 atom stereocenters. The largest absolute Gasteiger partial charge is 0.444 e. The summed E-state index contributed by atoms with van der Waals surface area (Å²) in [6.45, 7) is 5.27. The number of likely N-dealkylation sites (tertiary alicyclic amines) is 1. The van der Waals surface area contributed by atoms with Gasteiger partial charge in [-0.2, -0.15) is 16.8 Å². The van der Waals surface area contributed by atoms with E-state index >= 15 is 0 Å². The average molecular weight is 387 g/mol. The fourth-order valence-corrected chi connectivity index (χ4v) is 3.06. The zero-order valence-corrected chi connectivity index (χ0v) is 16.1. The van der Waals surface area contributed by atoms with Crippen LogP contribution in [0.1, 0.15) is 20.8 Å². The van der Waals surface area contributed by atoms with Crippen LogP contribution in [0.15, 0.2) is 0 Å². The van der Waals surface area contributed by atoms with E-state index in [1.165, 1.54) is 4.90 Å². The summed E-state index contributed by atoms with van der Waals surface area (Å²) in [6, 6.07) is 0. The van der Waals surface area contributed by atoms with Gasteiger partial charge in [0.05, 0.1) is 25.7 Å². The molecule has 142 valence electrons. The fourth-order valence-electron chi connectivity index (χ4n) is 2.21. The van der Waals surface area contributed by atoms with Crippen molar-refractivity contribution in [1.29, 1.82) is 0 Å². The standard InChI is InChI=1S/C13H25NO8S2/c1-13(2,3)22-12(15)14-6-10(8-20-23(4,16)17)11(7-14)9-21-24(5,18)19/h10-11H,6-9H2,1-5H3. The SMILES string of the molecule is CC(C)(C)OC(=O)N1CC(COS(C)(=O)=O)C(COS(C)(=O)=O)C1. The minimum atomic E-state index is -3.64. The van der Waals surface area contributed by atoms with E-state index in [1.54, 1.807) is 20.8 Å². The van der Waals surface area contributed by atoms with Crippen molar-refractivity contribution >= 4 is 26.3 Å². The quantitative estimate of drug-likeness (QED) is 0.602. The first-order valence-corrected chi connectivity index (χ1v) is 11.0. The van der Waals surface area contributed by atoms with Crippen LogP contribution in [0.4, 0.5) is 4.79 Å². The summed E-state index contributed by atoms with van der Waals surface area (Å²) in [6.07, 6.45) is 1.30. The van der Waals surface area contributed by atoms with E-state index in [0.717, 1.165) is 12.5 Å². The third-order valence-corrected chi connectivity index (χ3v) is 4.35. The Hall–Kier alpha value is -0.910. The molecule has 1 aliphatic rings. The minimum Gasteiger partial charge on any atom is -0.444 e. The van der Waals surface area contributed by atoms with Gasteiger partial charge >= 0.3 is 6.09 Å². The first-order valence-electron chi connectivity index (χ1n) is 7.33. The molecule has 0 bridgehead atoms. The number of carbonyl (C=O) groups excluding carboxylic acids is 1. The van der Waals surface area contributed by atoms with Crippen molar-refractivity contribution in [2.45, 2.75) is 26.4 Å². The Labute approximate surface area is 143 Å². The molecule has 0 N–H and O–H groups in total. The zero-order chi connectivity index (χ0) is 18.8. The second kappa shape index (κ2) is 7.54. The summed E-state index contributed by atoms with van der Waals surface area (Å²) >= 11 is 0. The van der Waals surface area contributed by atoms with Crippen molar-refractivity contribution < 1.29 is 34.7 Å². The van der Waals surface area contributed by atoms with Crippen molar-refractivity contribution in [3.05, 3.63) is 0 Å². The topological polar surface area (TPSA) is 116 Å². The summed E-state index contributed by atoms with van der Waals surface area (Å²) in [5.41, 5.74) is -0.669. The lowest BCUT2D eigenvalue weighted by Crippen LogP contribution is -2.35. The van der Waals surface area contributed by atoms with Gasteiger partial charge in [0.1, 0.15) is 5.60 Å². The Bertz CT molecular complexity index is 606. The van der Waals surface area contributed by atoms with Crippen LogP contribution >= 0.6 is 0 Å². The molecule has 0 spiro atoms. The van der Waals surface area contributed by atoms with Gasteiger partial charge in [-0.15, -0.1) is 0 Å². The summed E-state index contributed by atoms with van der Waals surface area (Å²) in [5.74, 6) is -0.761. The number of ether oxygens (including phenoxy) is 1. The van der Waals surface area contributed by atoms with E-state index in [4.69, 9.17) is 13.1 Å². The van der Waals surface area contributed by atoms with E-state index in [2.05, 4.69) is 0 Å². The van der Waals surface area contributed by atoms with Crippen LogP contribution in [0, 0.1) is 11.8 Å². The molecule has 0 aromatic rings. The van der Waals surface area contributed by atoms with Gasteiger partial charge in [-0.25, -0.2) is 4.79 Å². The first kappa shape index (κ1) is 21.1. The number of rotatable bonds is 6. The highest BCUT2D eigenvalue weighted by molar-refractivity contribution is 7.86. The molecule has 1 saturated heterocycles. The van der Waals surface area contributed by atoms with Crippen LogP contribution in [0.5, 0.6) is 0 Å². The lowest BCUT2D eigenvalue weighted by molar-refractivity contribution is 0.0280. The van der Waals surface area contributed by atoms with Crippen molar-refractivity contribution in [3.63, 3.8) is 0 Å². The summed E-state index contributed by atoms with van der Waals surface area (Å²) in [5, 5.41) is 0. The molecule has 1 aliphatic heterocycles. The number of carbonyl (C=O) groups is 1. The van der Waals surface area contributed by atoms with Gasteiger partial charge in [0.2, 0.25) is 0 Å². The maximum atomic E-state index is 12.1. The van der Waals surface area contributed by atoms with Crippen molar-refractivity contribution in [3.8, 4) is 0 Å². The van der Waals surface area contributed by atoms with Crippen LogP contribution in [-0.2, 0) is 33.3 Å². The molecule has 0 saturated carbocycles. The smallest absolute Gasteiger partial charge is 0.410 e. The second-order valence-corrected chi connectivity index (χ2v) is 10.2. The van der Waals surface area contributed by atoms with Crippen molar-refractivity contribution in [2.75, 3.05) is 38.8 Å². The van der Waals surface area contributed by atoms with Gasteiger partial charge in [0.15, 0.2) is 0 Å². The summed E-state index contributed by atoms with van der Waals surface area (Å²) in [7, 11) is -7.28. The normalized spacial score (nSPS) is 22.6. The van der Waals surface area contributed by atoms with Gasteiger partial charge in [0.25, 0.3) is 20.2 Å². The van der Waals surface area contributed by atoms with Crippen LogP contribution in [0.3, 0.4) is 0 Å². The molecule has 1 heterocycles. The second-order valence-electron chi connectivity index (χ2n) is 6.88. The number of hydrogen-bond donors (Lipinski definition) is 0. The highest BCUT2D eigenvalue weighted by atomic mass is 32.2. The van der Waals surface area contributed by atoms with Gasteiger partial charge < -0.3 is 9.64 Å². The first-order chi connectivity index (χ1) is 10.7. The molecule has 1 rings (SSSR count). The predicted molar refractivity (Wildman–Crippen MR) is 86.4 cm³/mol. The van der Waals surface area contributed by atoms with Crippen molar-refractivity contribution in [2.24, 2.45) is 11.8 Å². The van der Waals surface area contributed by atoms with Gasteiger partial charge in [0, 0.05) is 24.9 Å². The molecule has 0 radical (unpaired) electrons. The number of hydrogen-bond acceptors (Lipinski definition) is 8. The Morgan fingerprint density at radius 2 is 1.33 bits per heavy atom. The Kier molecular flexibility index (Phi) is 6.64. The summed E-state index contributed by atoms with van der Waals surface area (Å²) in [4.78, 5) is 13.5. The molecule has 11 heteroatoms. The Morgan fingerprint density at radius 3 is 1.62 bits per heavy atom. The third kappa shape index (κ3) is 8.27. The van der Waals surface area contributed by atoms with Crippen LogP contribution in [0.25, 0.3) is 0 Å². The van der Waals surface area contributed by atoms with E-state index in [9.17, 15) is 21.6 Å². The zero-order valence-electron chi connectivity index (χ0n) is 14.5. The molecule has 1 fully saturated rings. The maximum Gasteiger partial charge on any atom is 0.410 e. The highest BCUT2D eigenvalue weighted by Gasteiger charge is 2.38. The van der Waals surface area contributed by atoms with Gasteiger partial charge in [-0.05, 0) is 20.8 Å². The Morgan fingerprint density at radius 1 is 0.958 bits per heavy atom. The third-order valence-electron chi connectivity index (χ3n) is 3.22. The average Bonchev–Trinajstić information content (AvgIpc) is 2.73. The molecular formula is C13H25NO8S2. The van der Waals surface area contributed by atoms with Crippen LogP contribution in [-0.4, -0.2) is 72.2 Å². The minimum absolute atomic E-state index is 0.157. The van der Waals surface area contributed by atoms with E-state index in [0.29, 0.717) is 0 Å². The number of nitrogens with zero attached hydrogens (tertiary/aromatic N) is 1. The lowest BCUT2D eigenvalue weighted by Gasteiger charge is -2.24. The van der Waals surface area contributed by atoms with E-state index < -0.39 is 31.9 Å². The molecule has 2 unspecified atom stereocenters. The fraction of sp³-hybridized carbons (Fsp3) is 0.923. The van der Waals surface area contributed by atoms with Crippen LogP contribution in [0.2, 0.25) is 0 Å². The van der Waals surface area contributed by atoms with Crippen LogP contribution < -0.4 is 0 Å².